The second-order valence-corrected chi connectivity index (χ2v) is 6.07. The zero-order valence-electron chi connectivity index (χ0n) is 12.2. The van der Waals surface area contributed by atoms with E-state index in [0.29, 0.717) is 18.2 Å². The molecule has 0 aliphatic carbocycles. The van der Waals surface area contributed by atoms with E-state index >= 15 is 0 Å². The Bertz CT molecular complexity index is 482. The topological polar surface area (TPSA) is 15.3 Å². The number of hydrogen-bond acceptors (Lipinski definition) is 2. The van der Waals surface area contributed by atoms with Gasteiger partial charge in [0.2, 0.25) is 0 Å². The molecule has 0 aromatic heterocycles. The predicted octanol–water partition coefficient (Wildman–Crippen LogP) is 3.93. The Morgan fingerprint density at radius 2 is 2.10 bits per heavy atom. The molecule has 1 atom stereocenters. The van der Waals surface area contributed by atoms with Crippen molar-refractivity contribution in [3.63, 3.8) is 0 Å². The molecule has 1 N–H and O–H groups in total. The van der Waals surface area contributed by atoms with Gasteiger partial charge in [-0.05, 0) is 38.4 Å². The third kappa shape index (κ3) is 3.90. The number of benzene rings is 1. The van der Waals surface area contributed by atoms with Crippen molar-refractivity contribution >= 4 is 11.6 Å². The molecule has 0 amide bonds. The summed E-state index contributed by atoms with van der Waals surface area (Å²) < 4.78 is 38.8. The molecular formula is C15H20ClF3N2. The second kappa shape index (κ2) is 6.55. The molecule has 21 heavy (non-hydrogen) atoms. The summed E-state index contributed by atoms with van der Waals surface area (Å²) in [6, 6.07) is 4.73. The molecular weight excluding hydrogens is 301 g/mol. The van der Waals surface area contributed by atoms with E-state index in [0.717, 1.165) is 25.6 Å². The minimum Gasteiger partial charge on any atom is -0.315 e. The zero-order valence-corrected chi connectivity index (χ0v) is 12.9. The largest absolute Gasteiger partial charge is 0.417 e. The number of rotatable bonds is 4. The lowest BCUT2D eigenvalue weighted by Crippen LogP contribution is -2.41. The van der Waals surface area contributed by atoms with Crippen molar-refractivity contribution in [3.8, 4) is 0 Å². The molecule has 1 saturated heterocycles. The SMILES string of the molecule is CC(C)N(Cc1cccc(C(F)(F)F)c1Cl)[C@H]1CCNC1. The molecule has 1 heterocycles. The lowest BCUT2D eigenvalue weighted by molar-refractivity contribution is -0.137. The van der Waals surface area contributed by atoms with Crippen LogP contribution < -0.4 is 5.32 Å². The zero-order chi connectivity index (χ0) is 15.6. The monoisotopic (exact) mass is 320 g/mol. The van der Waals surface area contributed by atoms with Crippen LogP contribution in [-0.4, -0.2) is 30.1 Å². The Morgan fingerprint density at radius 3 is 2.62 bits per heavy atom. The molecule has 0 saturated carbocycles. The molecule has 1 aliphatic rings. The van der Waals surface area contributed by atoms with Crippen LogP contribution in [0.4, 0.5) is 13.2 Å². The summed E-state index contributed by atoms with van der Waals surface area (Å²) in [5.74, 6) is 0. The van der Waals surface area contributed by atoms with Gasteiger partial charge in [0.05, 0.1) is 10.6 Å². The second-order valence-electron chi connectivity index (χ2n) is 5.69. The molecule has 6 heteroatoms. The molecule has 0 radical (unpaired) electrons. The van der Waals surface area contributed by atoms with Crippen LogP contribution in [0.5, 0.6) is 0 Å². The molecule has 1 aromatic carbocycles. The highest BCUT2D eigenvalue weighted by atomic mass is 35.5. The Labute approximate surface area is 128 Å². The van der Waals surface area contributed by atoms with Gasteiger partial charge in [-0.15, -0.1) is 0 Å². The number of nitrogens with zero attached hydrogens (tertiary/aromatic N) is 1. The molecule has 0 spiro atoms. The highest BCUT2D eigenvalue weighted by molar-refractivity contribution is 6.32. The third-order valence-corrected chi connectivity index (χ3v) is 4.35. The van der Waals surface area contributed by atoms with E-state index < -0.39 is 11.7 Å². The van der Waals surface area contributed by atoms with Gasteiger partial charge < -0.3 is 5.32 Å². The van der Waals surface area contributed by atoms with E-state index in [4.69, 9.17) is 11.6 Å². The summed E-state index contributed by atoms with van der Waals surface area (Å²) in [4.78, 5) is 2.21. The first-order valence-electron chi connectivity index (χ1n) is 7.11. The van der Waals surface area contributed by atoms with Gasteiger partial charge >= 0.3 is 6.18 Å². The smallest absolute Gasteiger partial charge is 0.315 e. The number of nitrogens with one attached hydrogen (secondary N) is 1. The average Bonchev–Trinajstić information content (AvgIpc) is 2.89. The minimum atomic E-state index is -4.41. The van der Waals surface area contributed by atoms with Crippen LogP contribution in [-0.2, 0) is 12.7 Å². The lowest BCUT2D eigenvalue weighted by atomic mass is 10.1. The van der Waals surface area contributed by atoms with Crippen LogP contribution >= 0.6 is 11.6 Å². The van der Waals surface area contributed by atoms with E-state index in [1.165, 1.54) is 6.07 Å². The van der Waals surface area contributed by atoms with Crippen molar-refractivity contribution in [1.82, 2.24) is 10.2 Å². The van der Waals surface area contributed by atoms with Gasteiger partial charge in [0, 0.05) is 25.2 Å². The first kappa shape index (κ1) is 16.6. The Balaban J connectivity index is 2.25. The Morgan fingerprint density at radius 1 is 1.38 bits per heavy atom. The normalized spacial score (nSPS) is 19.7. The number of hydrogen-bond donors (Lipinski definition) is 1. The van der Waals surface area contributed by atoms with Crippen molar-refractivity contribution in [2.75, 3.05) is 13.1 Å². The molecule has 1 aromatic rings. The maximum atomic E-state index is 12.9. The van der Waals surface area contributed by atoms with Crippen molar-refractivity contribution in [1.29, 1.82) is 0 Å². The highest BCUT2D eigenvalue weighted by Crippen LogP contribution is 2.36. The quantitative estimate of drug-likeness (QED) is 0.904. The van der Waals surface area contributed by atoms with Crippen LogP contribution in [0.2, 0.25) is 5.02 Å². The molecule has 1 aliphatic heterocycles. The maximum absolute atomic E-state index is 12.9. The first-order valence-corrected chi connectivity index (χ1v) is 7.49. The lowest BCUT2D eigenvalue weighted by Gasteiger charge is -2.32. The Hall–Kier alpha value is -0.780. The predicted molar refractivity (Wildman–Crippen MR) is 78.4 cm³/mol. The molecule has 118 valence electrons. The van der Waals surface area contributed by atoms with Crippen molar-refractivity contribution in [2.45, 2.75) is 45.1 Å². The Kier molecular flexibility index (Phi) is 5.17. The van der Waals surface area contributed by atoms with Gasteiger partial charge in [-0.2, -0.15) is 13.2 Å². The van der Waals surface area contributed by atoms with E-state index in [2.05, 4.69) is 24.1 Å². The number of halogens is 4. The molecule has 1 fully saturated rings. The van der Waals surface area contributed by atoms with Crippen LogP contribution in [0.25, 0.3) is 0 Å². The molecule has 2 nitrogen and oxygen atoms in total. The van der Waals surface area contributed by atoms with Crippen molar-refractivity contribution in [3.05, 3.63) is 34.3 Å². The molecule has 0 bridgehead atoms. The summed E-state index contributed by atoms with van der Waals surface area (Å²) in [6.45, 7) is 6.37. The molecule has 2 rings (SSSR count). The average molecular weight is 321 g/mol. The number of alkyl halides is 3. The summed E-state index contributed by atoms with van der Waals surface area (Å²) >= 11 is 5.99. The van der Waals surface area contributed by atoms with Gasteiger partial charge in [0.25, 0.3) is 0 Å². The first-order chi connectivity index (χ1) is 9.80. The van der Waals surface area contributed by atoms with Crippen molar-refractivity contribution < 1.29 is 13.2 Å². The minimum absolute atomic E-state index is 0.179. The van der Waals surface area contributed by atoms with Crippen LogP contribution in [0.15, 0.2) is 18.2 Å². The molecule has 0 unspecified atom stereocenters. The van der Waals surface area contributed by atoms with Crippen LogP contribution in [0.1, 0.15) is 31.4 Å². The van der Waals surface area contributed by atoms with Crippen molar-refractivity contribution in [2.24, 2.45) is 0 Å². The highest BCUT2D eigenvalue weighted by Gasteiger charge is 2.34. The van der Waals surface area contributed by atoms with Gasteiger partial charge in [-0.25, -0.2) is 0 Å². The van der Waals surface area contributed by atoms with Gasteiger partial charge in [-0.3, -0.25) is 4.90 Å². The fraction of sp³-hybridized carbons (Fsp3) is 0.600. The fourth-order valence-corrected chi connectivity index (χ4v) is 3.07. The van der Waals surface area contributed by atoms with Gasteiger partial charge in [0.1, 0.15) is 0 Å². The van der Waals surface area contributed by atoms with E-state index in [1.54, 1.807) is 6.07 Å². The fourth-order valence-electron chi connectivity index (χ4n) is 2.77. The van der Waals surface area contributed by atoms with E-state index in [9.17, 15) is 13.2 Å². The van der Waals surface area contributed by atoms with Crippen LogP contribution in [0, 0.1) is 0 Å². The third-order valence-electron chi connectivity index (χ3n) is 3.90. The maximum Gasteiger partial charge on any atom is 0.417 e. The van der Waals surface area contributed by atoms with Gasteiger partial charge in [-0.1, -0.05) is 23.7 Å². The van der Waals surface area contributed by atoms with Gasteiger partial charge in [0.15, 0.2) is 0 Å². The standard InChI is InChI=1S/C15H20ClF3N2/c1-10(2)21(12-6-7-20-8-12)9-11-4-3-5-13(14(11)16)15(17,18)19/h3-5,10,12,20H,6-9H2,1-2H3/t12-/m0/s1. The van der Waals surface area contributed by atoms with Crippen LogP contribution in [0.3, 0.4) is 0 Å². The summed E-state index contributed by atoms with van der Waals surface area (Å²) in [7, 11) is 0. The summed E-state index contributed by atoms with van der Waals surface area (Å²) in [5, 5.41) is 3.11. The van der Waals surface area contributed by atoms with E-state index in [1.807, 2.05) is 0 Å². The summed E-state index contributed by atoms with van der Waals surface area (Å²) in [6.07, 6.45) is -3.40. The van der Waals surface area contributed by atoms with E-state index in [-0.39, 0.29) is 11.1 Å². The summed E-state index contributed by atoms with van der Waals surface area (Å²) in [5.41, 5.74) is -0.220.